The van der Waals surface area contributed by atoms with Crippen molar-refractivity contribution in [2.45, 2.75) is 12.8 Å². The first-order valence-corrected chi connectivity index (χ1v) is 5.67. The van der Waals surface area contributed by atoms with Crippen LogP contribution in [0.1, 0.15) is 12.8 Å². The van der Waals surface area contributed by atoms with Crippen LogP contribution in [-0.4, -0.2) is 31.1 Å². The van der Waals surface area contributed by atoms with E-state index in [1.165, 1.54) is 18.9 Å². The molecule has 0 radical (unpaired) electrons. The molecule has 0 amide bonds. The summed E-state index contributed by atoms with van der Waals surface area (Å²) in [5.74, 6) is -1.60. The van der Waals surface area contributed by atoms with Crippen LogP contribution in [0.2, 0.25) is 0 Å². The Morgan fingerprint density at radius 3 is 2.56 bits per heavy atom. The molecule has 1 aliphatic rings. The minimum absolute atomic E-state index is 0.637. The fraction of sp³-hybridized carbons (Fsp3) is 0.500. The number of hydrogen-bond donors (Lipinski definition) is 1. The number of rotatable bonds is 4. The third-order valence-electron chi connectivity index (χ3n) is 2.88. The maximum absolute atomic E-state index is 12.9. The number of anilines is 1. The Morgan fingerprint density at radius 1 is 1.12 bits per heavy atom. The Morgan fingerprint density at radius 2 is 1.88 bits per heavy atom. The molecule has 1 saturated heterocycles. The van der Waals surface area contributed by atoms with Crippen LogP contribution < -0.4 is 5.32 Å². The van der Waals surface area contributed by atoms with Crippen LogP contribution >= 0.6 is 0 Å². The second-order valence-electron chi connectivity index (χ2n) is 4.10. The standard InChI is InChI=1S/C12H16F2N2/c13-11-4-3-10(9-12(11)14)15-5-8-16-6-1-2-7-16/h3-4,9,15H,1-2,5-8H2. The normalized spacial score (nSPS) is 16.6. The first-order chi connectivity index (χ1) is 7.75. The van der Waals surface area contributed by atoms with Gasteiger partial charge in [0, 0.05) is 18.8 Å². The molecule has 0 aromatic heterocycles. The lowest BCUT2D eigenvalue weighted by molar-refractivity contribution is 0.352. The van der Waals surface area contributed by atoms with Crippen molar-refractivity contribution in [3.05, 3.63) is 29.8 Å². The van der Waals surface area contributed by atoms with Crippen molar-refractivity contribution < 1.29 is 8.78 Å². The van der Waals surface area contributed by atoms with E-state index in [0.29, 0.717) is 5.69 Å². The Bertz CT molecular complexity index is 349. The van der Waals surface area contributed by atoms with Crippen molar-refractivity contribution in [1.82, 2.24) is 4.90 Å². The Balaban J connectivity index is 1.78. The summed E-state index contributed by atoms with van der Waals surface area (Å²) in [6.07, 6.45) is 2.54. The van der Waals surface area contributed by atoms with E-state index < -0.39 is 11.6 Å². The van der Waals surface area contributed by atoms with Crippen molar-refractivity contribution in [1.29, 1.82) is 0 Å². The molecule has 4 heteroatoms. The van der Waals surface area contributed by atoms with Gasteiger partial charge in [0.2, 0.25) is 0 Å². The van der Waals surface area contributed by atoms with Gasteiger partial charge in [-0.1, -0.05) is 0 Å². The maximum Gasteiger partial charge on any atom is 0.160 e. The van der Waals surface area contributed by atoms with Crippen LogP contribution in [0.25, 0.3) is 0 Å². The summed E-state index contributed by atoms with van der Waals surface area (Å²) in [7, 11) is 0. The highest BCUT2D eigenvalue weighted by Crippen LogP contribution is 2.13. The first kappa shape index (κ1) is 11.3. The second-order valence-corrected chi connectivity index (χ2v) is 4.10. The molecule has 0 bridgehead atoms. The van der Waals surface area contributed by atoms with Gasteiger partial charge < -0.3 is 10.2 Å². The molecular formula is C12H16F2N2. The molecule has 1 N–H and O–H groups in total. The highest BCUT2D eigenvalue weighted by Gasteiger charge is 2.10. The van der Waals surface area contributed by atoms with E-state index >= 15 is 0 Å². The van der Waals surface area contributed by atoms with Crippen molar-refractivity contribution >= 4 is 5.69 Å². The van der Waals surface area contributed by atoms with Gasteiger partial charge in [-0.15, -0.1) is 0 Å². The van der Waals surface area contributed by atoms with E-state index in [1.54, 1.807) is 6.07 Å². The lowest BCUT2D eigenvalue weighted by atomic mass is 10.3. The minimum atomic E-state index is -0.801. The zero-order chi connectivity index (χ0) is 11.4. The smallest absolute Gasteiger partial charge is 0.160 e. The summed E-state index contributed by atoms with van der Waals surface area (Å²) in [5, 5.41) is 3.09. The van der Waals surface area contributed by atoms with Gasteiger partial charge >= 0.3 is 0 Å². The van der Waals surface area contributed by atoms with E-state index in [2.05, 4.69) is 10.2 Å². The lowest BCUT2D eigenvalue weighted by Crippen LogP contribution is -2.25. The highest BCUT2D eigenvalue weighted by atomic mass is 19.2. The number of nitrogens with one attached hydrogen (secondary N) is 1. The largest absolute Gasteiger partial charge is 0.384 e. The van der Waals surface area contributed by atoms with Crippen molar-refractivity contribution in [3.8, 4) is 0 Å². The van der Waals surface area contributed by atoms with E-state index in [0.717, 1.165) is 32.2 Å². The number of benzene rings is 1. The fourth-order valence-electron chi connectivity index (χ4n) is 1.97. The van der Waals surface area contributed by atoms with E-state index in [-0.39, 0.29) is 0 Å². The van der Waals surface area contributed by atoms with Crippen molar-refractivity contribution in [2.75, 3.05) is 31.5 Å². The second kappa shape index (κ2) is 5.25. The Hall–Kier alpha value is -1.16. The van der Waals surface area contributed by atoms with Gasteiger partial charge in [-0.2, -0.15) is 0 Å². The van der Waals surface area contributed by atoms with Gasteiger partial charge in [0.1, 0.15) is 0 Å². The van der Waals surface area contributed by atoms with E-state index in [4.69, 9.17) is 0 Å². The third kappa shape index (κ3) is 2.92. The van der Waals surface area contributed by atoms with Crippen LogP contribution in [0.5, 0.6) is 0 Å². The Labute approximate surface area is 94.3 Å². The molecule has 1 aliphatic heterocycles. The minimum Gasteiger partial charge on any atom is -0.384 e. The summed E-state index contributed by atoms with van der Waals surface area (Å²) in [6, 6.07) is 3.90. The van der Waals surface area contributed by atoms with Crippen LogP contribution in [0, 0.1) is 11.6 Å². The van der Waals surface area contributed by atoms with Crippen LogP contribution in [0.4, 0.5) is 14.5 Å². The molecule has 0 spiro atoms. The van der Waals surface area contributed by atoms with Crippen LogP contribution in [0.3, 0.4) is 0 Å². The summed E-state index contributed by atoms with van der Waals surface area (Å²) < 4.78 is 25.5. The number of likely N-dealkylation sites (tertiary alicyclic amines) is 1. The average Bonchev–Trinajstić information content (AvgIpc) is 2.76. The number of hydrogen-bond acceptors (Lipinski definition) is 2. The van der Waals surface area contributed by atoms with Gasteiger partial charge in [-0.25, -0.2) is 8.78 Å². The summed E-state index contributed by atoms with van der Waals surface area (Å²) in [6.45, 7) is 4.03. The molecule has 0 unspecified atom stereocenters. The van der Waals surface area contributed by atoms with Crippen LogP contribution in [-0.2, 0) is 0 Å². The molecule has 0 aliphatic carbocycles. The molecular weight excluding hydrogens is 210 g/mol. The SMILES string of the molecule is Fc1ccc(NCCN2CCCC2)cc1F. The predicted molar refractivity (Wildman–Crippen MR) is 60.5 cm³/mol. The van der Waals surface area contributed by atoms with Gasteiger partial charge in [-0.05, 0) is 44.1 Å². The zero-order valence-electron chi connectivity index (χ0n) is 9.18. The highest BCUT2D eigenvalue weighted by molar-refractivity contribution is 5.43. The van der Waals surface area contributed by atoms with Crippen molar-refractivity contribution in [2.24, 2.45) is 0 Å². The van der Waals surface area contributed by atoms with Crippen molar-refractivity contribution in [3.63, 3.8) is 0 Å². The maximum atomic E-state index is 12.9. The van der Waals surface area contributed by atoms with E-state index in [1.807, 2.05) is 0 Å². The molecule has 1 heterocycles. The van der Waals surface area contributed by atoms with Gasteiger partial charge in [-0.3, -0.25) is 0 Å². The zero-order valence-corrected chi connectivity index (χ0v) is 9.18. The number of nitrogens with zero attached hydrogens (tertiary/aromatic N) is 1. The Kier molecular flexibility index (Phi) is 3.72. The molecule has 88 valence electrons. The third-order valence-corrected chi connectivity index (χ3v) is 2.88. The molecule has 1 aromatic carbocycles. The molecule has 0 atom stereocenters. The van der Waals surface area contributed by atoms with Gasteiger partial charge in [0.15, 0.2) is 11.6 Å². The molecule has 16 heavy (non-hydrogen) atoms. The van der Waals surface area contributed by atoms with Crippen LogP contribution in [0.15, 0.2) is 18.2 Å². The first-order valence-electron chi connectivity index (χ1n) is 5.67. The molecule has 1 fully saturated rings. The molecule has 1 aromatic rings. The molecule has 2 nitrogen and oxygen atoms in total. The quantitative estimate of drug-likeness (QED) is 0.848. The van der Waals surface area contributed by atoms with Gasteiger partial charge in [0.05, 0.1) is 0 Å². The molecule has 0 saturated carbocycles. The monoisotopic (exact) mass is 226 g/mol. The predicted octanol–water partition coefficient (Wildman–Crippen LogP) is 2.47. The fourth-order valence-corrected chi connectivity index (χ4v) is 1.97. The average molecular weight is 226 g/mol. The van der Waals surface area contributed by atoms with Gasteiger partial charge in [0.25, 0.3) is 0 Å². The molecule has 2 rings (SSSR count). The summed E-state index contributed by atoms with van der Waals surface area (Å²) in [5.41, 5.74) is 0.637. The lowest BCUT2D eigenvalue weighted by Gasteiger charge is -2.15. The summed E-state index contributed by atoms with van der Waals surface area (Å²) >= 11 is 0. The topological polar surface area (TPSA) is 15.3 Å². The summed E-state index contributed by atoms with van der Waals surface area (Å²) in [4.78, 5) is 2.37. The van der Waals surface area contributed by atoms with E-state index in [9.17, 15) is 8.78 Å². The number of halogens is 2.